The molecule has 5 heteroatoms. The van der Waals surface area contributed by atoms with E-state index in [0.717, 1.165) is 11.1 Å². The third-order valence-electron chi connectivity index (χ3n) is 2.67. The topological polar surface area (TPSA) is 37.8 Å². The molecular formula is C13H13Cl2N3. The van der Waals surface area contributed by atoms with Crippen molar-refractivity contribution in [1.29, 1.82) is 0 Å². The summed E-state index contributed by atoms with van der Waals surface area (Å²) in [5.74, 6) is 0. The Hall–Kier alpha value is -1.16. The highest BCUT2D eigenvalue weighted by molar-refractivity contribution is 6.42. The van der Waals surface area contributed by atoms with Gasteiger partial charge in [-0.05, 0) is 24.6 Å². The summed E-state index contributed by atoms with van der Waals surface area (Å²) in [6.07, 6.45) is 5.11. The fraction of sp³-hybridized carbons (Fsp3) is 0.231. The van der Waals surface area contributed by atoms with Gasteiger partial charge in [0.25, 0.3) is 0 Å². The van der Waals surface area contributed by atoms with Crippen molar-refractivity contribution >= 4 is 23.2 Å². The maximum Gasteiger partial charge on any atom is 0.115 e. The van der Waals surface area contributed by atoms with Crippen molar-refractivity contribution in [3.63, 3.8) is 0 Å². The summed E-state index contributed by atoms with van der Waals surface area (Å²) >= 11 is 11.9. The van der Waals surface area contributed by atoms with Gasteiger partial charge in [0.15, 0.2) is 0 Å². The number of hydrogen-bond acceptors (Lipinski definition) is 3. The Morgan fingerprint density at radius 1 is 1.17 bits per heavy atom. The molecule has 3 nitrogen and oxygen atoms in total. The van der Waals surface area contributed by atoms with Crippen LogP contribution >= 0.6 is 23.2 Å². The Morgan fingerprint density at radius 3 is 2.56 bits per heavy atom. The van der Waals surface area contributed by atoms with Gasteiger partial charge in [-0.3, -0.25) is 0 Å². The highest BCUT2D eigenvalue weighted by Crippen LogP contribution is 2.25. The van der Waals surface area contributed by atoms with E-state index in [1.807, 2.05) is 18.2 Å². The molecule has 0 fully saturated rings. The summed E-state index contributed by atoms with van der Waals surface area (Å²) in [4.78, 5) is 7.94. The lowest BCUT2D eigenvalue weighted by Gasteiger charge is -2.14. The summed E-state index contributed by atoms with van der Waals surface area (Å²) in [6.45, 7) is 2.78. The molecular weight excluding hydrogens is 269 g/mol. The van der Waals surface area contributed by atoms with Crippen LogP contribution in [0.4, 0.5) is 0 Å². The molecule has 0 saturated heterocycles. The molecule has 1 aromatic carbocycles. The zero-order valence-corrected chi connectivity index (χ0v) is 11.4. The molecule has 0 bridgehead atoms. The Balaban J connectivity index is 1.99. The quantitative estimate of drug-likeness (QED) is 0.930. The second-order valence-electron chi connectivity index (χ2n) is 4.02. The predicted octanol–water partition coefficient (Wildman–Crippen LogP) is 3.63. The number of aromatic nitrogens is 2. The highest BCUT2D eigenvalue weighted by atomic mass is 35.5. The number of nitrogens with one attached hydrogen (secondary N) is 1. The minimum atomic E-state index is 0.181. The van der Waals surface area contributed by atoms with Crippen LogP contribution in [0.5, 0.6) is 0 Å². The monoisotopic (exact) mass is 281 g/mol. The second kappa shape index (κ2) is 6.14. The SMILES string of the molecule is CC(NCc1cncnc1)c1ccc(Cl)c(Cl)c1. The normalized spacial score (nSPS) is 12.4. The molecule has 0 saturated carbocycles. The van der Waals surface area contributed by atoms with E-state index in [9.17, 15) is 0 Å². The largest absolute Gasteiger partial charge is 0.306 e. The van der Waals surface area contributed by atoms with Gasteiger partial charge in [-0.15, -0.1) is 0 Å². The first-order chi connectivity index (χ1) is 8.66. The molecule has 18 heavy (non-hydrogen) atoms. The fourth-order valence-electron chi connectivity index (χ4n) is 1.59. The molecule has 1 heterocycles. The van der Waals surface area contributed by atoms with Crippen LogP contribution in [-0.2, 0) is 6.54 Å². The zero-order valence-electron chi connectivity index (χ0n) is 9.90. The molecule has 2 rings (SSSR count). The van der Waals surface area contributed by atoms with Gasteiger partial charge in [0.2, 0.25) is 0 Å². The number of rotatable bonds is 4. The molecule has 0 aliphatic rings. The first-order valence-electron chi connectivity index (χ1n) is 5.59. The molecule has 1 N–H and O–H groups in total. The van der Waals surface area contributed by atoms with Crippen LogP contribution in [0.25, 0.3) is 0 Å². The van der Waals surface area contributed by atoms with Gasteiger partial charge in [-0.25, -0.2) is 9.97 Å². The lowest BCUT2D eigenvalue weighted by molar-refractivity contribution is 0.573. The molecule has 94 valence electrons. The average Bonchev–Trinajstić information content (AvgIpc) is 2.40. The zero-order chi connectivity index (χ0) is 13.0. The van der Waals surface area contributed by atoms with E-state index in [4.69, 9.17) is 23.2 Å². The van der Waals surface area contributed by atoms with Crippen molar-refractivity contribution < 1.29 is 0 Å². The van der Waals surface area contributed by atoms with E-state index < -0.39 is 0 Å². The van der Waals surface area contributed by atoms with Crippen molar-refractivity contribution in [2.45, 2.75) is 19.5 Å². The van der Waals surface area contributed by atoms with E-state index in [1.165, 1.54) is 6.33 Å². The van der Waals surface area contributed by atoms with E-state index in [0.29, 0.717) is 16.6 Å². The maximum absolute atomic E-state index is 6.00. The molecule has 0 aliphatic carbocycles. The second-order valence-corrected chi connectivity index (χ2v) is 4.84. The molecule has 0 aliphatic heterocycles. The number of halogens is 2. The van der Waals surface area contributed by atoms with Crippen LogP contribution < -0.4 is 5.32 Å². The van der Waals surface area contributed by atoms with E-state index in [2.05, 4.69) is 22.2 Å². The third-order valence-corrected chi connectivity index (χ3v) is 3.41. The minimum absolute atomic E-state index is 0.181. The smallest absolute Gasteiger partial charge is 0.115 e. The molecule has 1 aromatic heterocycles. The summed E-state index contributed by atoms with van der Waals surface area (Å²) < 4.78 is 0. The average molecular weight is 282 g/mol. The van der Waals surface area contributed by atoms with E-state index in [-0.39, 0.29) is 6.04 Å². The summed E-state index contributed by atoms with van der Waals surface area (Å²) in [5.41, 5.74) is 2.14. The minimum Gasteiger partial charge on any atom is -0.306 e. The van der Waals surface area contributed by atoms with Crippen LogP contribution in [0.1, 0.15) is 24.1 Å². The van der Waals surface area contributed by atoms with Crippen LogP contribution in [-0.4, -0.2) is 9.97 Å². The molecule has 0 amide bonds. The Bertz CT molecular complexity index is 517. The summed E-state index contributed by atoms with van der Waals surface area (Å²) in [5, 5.41) is 4.53. The van der Waals surface area contributed by atoms with Crippen LogP contribution in [0, 0.1) is 0 Å². The number of hydrogen-bond donors (Lipinski definition) is 1. The first-order valence-corrected chi connectivity index (χ1v) is 6.34. The Kier molecular flexibility index (Phi) is 4.53. The summed E-state index contributed by atoms with van der Waals surface area (Å²) in [6, 6.07) is 5.83. The maximum atomic E-state index is 6.00. The lowest BCUT2D eigenvalue weighted by Crippen LogP contribution is -2.18. The van der Waals surface area contributed by atoms with E-state index >= 15 is 0 Å². The first kappa shape index (κ1) is 13.3. The number of nitrogens with zero attached hydrogens (tertiary/aromatic N) is 2. The Labute approximate surface area is 116 Å². The molecule has 2 aromatic rings. The van der Waals surface area contributed by atoms with Gasteiger partial charge in [0.1, 0.15) is 6.33 Å². The van der Waals surface area contributed by atoms with Crippen LogP contribution in [0.2, 0.25) is 10.0 Å². The fourth-order valence-corrected chi connectivity index (χ4v) is 1.90. The van der Waals surface area contributed by atoms with Crippen molar-refractivity contribution in [2.75, 3.05) is 0 Å². The molecule has 1 atom stereocenters. The van der Waals surface area contributed by atoms with Crippen molar-refractivity contribution in [3.8, 4) is 0 Å². The molecule has 1 unspecified atom stereocenters. The molecule has 0 radical (unpaired) electrons. The van der Waals surface area contributed by atoms with Gasteiger partial charge >= 0.3 is 0 Å². The predicted molar refractivity (Wildman–Crippen MR) is 73.7 cm³/mol. The van der Waals surface area contributed by atoms with Crippen molar-refractivity contribution in [2.24, 2.45) is 0 Å². The number of benzene rings is 1. The Morgan fingerprint density at radius 2 is 1.89 bits per heavy atom. The summed E-state index contributed by atoms with van der Waals surface area (Å²) in [7, 11) is 0. The van der Waals surface area contributed by atoms with Gasteiger partial charge in [-0.2, -0.15) is 0 Å². The highest BCUT2D eigenvalue weighted by Gasteiger charge is 2.07. The van der Waals surface area contributed by atoms with E-state index in [1.54, 1.807) is 12.4 Å². The van der Waals surface area contributed by atoms with Crippen LogP contribution in [0.3, 0.4) is 0 Å². The van der Waals surface area contributed by atoms with Crippen LogP contribution in [0.15, 0.2) is 36.9 Å². The van der Waals surface area contributed by atoms with Crippen molar-refractivity contribution in [1.82, 2.24) is 15.3 Å². The standard InChI is InChI=1S/C13H13Cl2N3/c1-9(11-2-3-12(14)13(15)4-11)18-7-10-5-16-8-17-6-10/h2-6,8-9,18H,7H2,1H3. The van der Waals surface area contributed by atoms with Gasteiger partial charge < -0.3 is 5.32 Å². The van der Waals surface area contributed by atoms with Gasteiger partial charge in [0.05, 0.1) is 10.0 Å². The van der Waals surface area contributed by atoms with Gasteiger partial charge in [-0.1, -0.05) is 29.3 Å². The molecule has 0 spiro atoms. The van der Waals surface area contributed by atoms with Crippen molar-refractivity contribution in [3.05, 3.63) is 58.1 Å². The third kappa shape index (κ3) is 3.42. The lowest BCUT2D eigenvalue weighted by atomic mass is 10.1. The van der Waals surface area contributed by atoms with Gasteiger partial charge in [0, 0.05) is 30.5 Å².